The molecule has 0 aromatic heterocycles. The zero-order valence-electron chi connectivity index (χ0n) is 19.6. The molecule has 8 heteroatoms. The molecule has 0 aliphatic heterocycles. The van der Waals surface area contributed by atoms with Gasteiger partial charge in [0.2, 0.25) is 0 Å². The molecular weight excluding hydrogens is 400 g/mol. The average Bonchev–Trinajstić information content (AvgIpc) is 2.71. The molecule has 4 N–H and O–H groups in total. The van der Waals surface area contributed by atoms with E-state index in [-0.39, 0.29) is 5.92 Å². The lowest BCUT2D eigenvalue weighted by molar-refractivity contribution is -0.140. The van der Waals surface area contributed by atoms with Crippen molar-refractivity contribution in [2.24, 2.45) is 11.7 Å². The van der Waals surface area contributed by atoms with Gasteiger partial charge in [0.15, 0.2) is 0 Å². The fourth-order valence-electron chi connectivity index (χ4n) is 3.25. The van der Waals surface area contributed by atoms with E-state index < -0.39 is 23.7 Å². The molecule has 0 heterocycles. The summed E-state index contributed by atoms with van der Waals surface area (Å²) in [4.78, 5) is 23.3. The number of rotatable bonds is 7. The molecule has 1 aliphatic carbocycles. The normalized spacial score (nSPS) is 15.4. The summed E-state index contributed by atoms with van der Waals surface area (Å²) in [5, 5.41) is 11.5. The van der Waals surface area contributed by atoms with Gasteiger partial charge in [0.05, 0.1) is 14.2 Å². The number of hydrogen-bond donors (Lipinski definition) is 3. The summed E-state index contributed by atoms with van der Waals surface area (Å²) < 4.78 is 15.9. The summed E-state index contributed by atoms with van der Waals surface area (Å²) in [6.07, 6.45) is 5.86. The first kappa shape index (κ1) is 26.6. The molecule has 1 aromatic rings. The number of nitrogens with two attached hydrogens (primary N) is 1. The molecule has 1 fully saturated rings. The molecule has 0 radical (unpaired) electrons. The van der Waals surface area contributed by atoms with Crippen molar-refractivity contribution in [2.75, 3.05) is 14.2 Å². The van der Waals surface area contributed by atoms with Crippen molar-refractivity contribution in [1.82, 2.24) is 5.32 Å². The lowest BCUT2D eigenvalue weighted by atomic mass is 9.97. The average molecular weight is 439 g/mol. The first-order chi connectivity index (χ1) is 14.5. The maximum absolute atomic E-state index is 12.1. The van der Waals surface area contributed by atoms with Crippen molar-refractivity contribution in [3.63, 3.8) is 0 Å². The Morgan fingerprint density at radius 2 is 1.58 bits per heavy atom. The number of ether oxygens (including phenoxy) is 3. The number of carbonyl (C=O) groups excluding carboxylic acids is 1. The molecule has 1 aliphatic rings. The molecule has 1 saturated carbocycles. The molecule has 0 bridgehead atoms. The van der Waals surface area contributed by atoms with Crippen LogP contribution in [0.25, 0.3) is 0 Å². The molecule has 0 saturated heterocycles. The Bertz CT molecular complexity index is 692. The summed E-state index contributed by atoms with van der Waals surface area (Å²) in [6, 6.07) is 4.68. The van der Waals surface area contributed by atoms with Crippen LogP contribution in [0.4, 0.5) is 4.79 Å². The smallest absolute Gasteiger partial charge is 0.408 e. The van der Waals surface area contributed by atoms with Crippen molar-refractivity contribution < 1.29 is 28.9 Å². The summed E-state index contributed by atoms with van der Waals surface area (Å²) in [6.45, 7) is 6.81. The number of benzene rings is 1. The third kappa shape index (κ3) is 9.04. The number of nitrogens with one attached hydrogen (secondary N) is 1. The number of hydrogen-bond acceptors (Lipinski definition) is 6. The maximum atomic E-state index is 12.1. The summed E-state index contributed by atoms with van der Waals surface area (Å²) in [7, 11) is 3.05. The summed E-state index contributed by atoms with van der Waals surface area (Å²) >= 11 is 0. The minimum absolute atomic E-state index is 0.268. The third-order valence-corrected chi connectivity index (χ3v) is 5.25. The maximum Gasteiger partial charge on any atom is 0.408 e. The van der Waals surface area contributed by atoms with Gasteiger partial charge in [-0.2, -0.15) is 0 Å². The molecule has 1 atom stereocenters. The van der Waals surface area contributed by atoms with Crippen LogP contribution in [-0.4, -0.2) is 43.5 Å². The minimum Gasteiger partial charge on any atom is -0.497 e. The number of carboxylic acids is 1. The van der Waals surface area contributed by atoms with Crippen LogP contribution in [-0.2, 0) is 15.1 Å². The summed E-state index contributed by atoms with van der Waals surface area (Å²) in [5.74, 6) is -0.253. The Labute approximate surface area is 185 Å². The Balaban J connectivity index is 0.000000577. The van der Waals surface area contributed by atoms with Gasteiger partial charge in [-0.3, -0.25) is 0 Å². The Morgan fingerprint density at radius 1 is 1.06 bits per heavy atom. The second-order valence-corrected chi connectivity index (χ2v) is 8.60. The van der Waals surface area contributed by atoms with Crippen molar-refractivity contribution in [3.05, 3.63) is 23.8 Å². The van der Waals surface area contributed by atoms with E-state index in [2.05, 4.69) is 5.32 Å². The zero-order chi connectivity index (χ0) is 23.6. The van der Waals surface area contributed by atoms with Crippen molar-refractivity contribution in [1.29, 1.82) is 0 Å². The van der Waals surface area contributed by atoms with E-state index in [1.54, 1.807) is 45.9 Å². The second-order valence-electron chi connectivity index (χ2n) is 8.60. The van der Waals surface area contributed by atoms with Crippen LogP contribution in [0.2, 0.25) is 0 Å². The first-order valence-corrected chi connectivity index (χ1v) is 10.7. The van der Waals surface area contributed by atoms with Gasteiger partial charge >= 0.3 is 12.1 Å². The van der Waals surface area contributed by atoms with Crippen LogP contribution >= 0.6 is 0 Å². The van der Waals surface area contributed by atoms with Crippen LogP contribution in [0.5, 0.6) is 11.5 Å². The predicted molar refractivity (Wildman–Crippen MR) is 120 cm³/mol. The third-order valence-electron chi connectivity index (χ3n) is 5.25. The SMILES string of the molecule is COc1cc(OC)cc(C(C)(C)OC(=O)N[C@H](C(=O)O)C(C)C)c1.NC1CCCCC1. The lowest BCUT2D eigenvalue weighted by Gasteiger charge is -2.28. The van der Waals surface area contributed by atoms with Gasteiger partial charge in [0, 0.05) is 17.7 Å². The molecular formula is C23H38N2O6. The monoisotopic (exact) mass is 438 g/mol. The van der Waals surface area contributed by atoms with Gasteiger partial charge < -0.3 is 30.4 Å². The second kappa shape index (κ2) is 12.4. The van der Waals surface area contributed by atoms with Crippen LogP contribution in [0, 0.1) is 5.92 Å². The van der Waals surface area contributed by atoms with Crippen molar-refractivity contribution in [3.8, 4) is 11.5 Å². The highest BCUT2D eigenvalue weighted by molar-refractivity contribution is 5.80. The Morgan fingerprint density at radius 3 is 1.94 bits per heavy atom. The van der Waals surface area contributed by atoms with E-state index in [1.165, 1.54) is 46.3 Å². The zero-order valence-corrected chi connectivity index (χ0v) is 19.6. The fourth-order valence-corrected chi connectivity index (χ4v) is 3.25. The van der Waals surface area contributed by atoms with Gasteiger partial charge in [-0.25, -0.2) is 9.59 Å². The Kier molecular flexibility index (Phi) is 10.6. The fraction of sp³-hybridized carbons (Fsp3) is 0.652. The van der Waals surface area contributed by atoms with Crippen molar-refractivity contribution in [2.45, 2.75) is 77.5 Å². The van der Waals surface area contributed by atoms with Gasteiger partial charge in [0.25, 0.3) is 0 Å². The number of amides is 1. The predicted octanol–water partition coefficient (Wildman–Crippen LogP) is 4.05. The molecule has 0 spiro atoms. The largest absolute Gasteiger partial charge is 0.497 e. The van der Waals surface area contributed by atoms with Gasteiger partial charge in [0.1, 0.15) is 23.1 Å². The quantitative estimate of drug-likeness (QED) is 0.587. The number of methoxy groups -OCH3 is 2. The number of carbonyl (C=O) groups is 2. The molecule has 8 nitrogen and oxygen atoms in total. The van der Waals surface area contributed by atoms with E-state index in [0.717, 1.165) is 0 Å². The highest BCUT2D eigenvalue weighted by atomic mass is 16.6. The number of alkyl carbamates (subject to hydrolysis) is 1. The van der Waals surface area contributed by atoms with Gasteiger partial charge in [-0.15, -0.1) is 0 Å². The van der Waals surface area contributed by atoms with Crippen molar-refractivity contribution >= 4 is 12.1 Å². The lowest BCUT2D eigenvalue weighted by Crippen LogP contribution is -2.46. The van der Waals surface area contributed by atoms with E-state index >= 15 is 0 Å². The van der Waals surface area contributed by atoms with Crippen LogP contribution in [0.15, 0.2) is 18.2 Å². The first-order valence-electron chi connectivity index (χ1n) is 10.7. The van der Waals surface area contributed by atoms with E-state index in [0.29, 0.717) is 23.1 Å². The minimum atomic E-state index is -1.11. The Hall–Kier alpha value is -2.48. The molecule has 1 aromatic carbocycles. The van der Waals surface area contributed by atoms with Crippen LogP contribution in [0.3, 0.4) is 0 Å². The highest BCUT2D eigenvalue weighted by Gasteiger charge is 2.30. The van der Waals surface area contributed by atoms with Gasteiger partial charge in [-0.05, 0) is 44.7 Å². The van der Waals surface area contributed by atoms with E-state index in [4.69, 9.17) is 25.1 Å². The van der Waals surface area contributed by atoms with Gasteiger partial charge in [-0.1, -0.05) is 33.1 Å². The van der Waals surface area contributed by atoms with E-state index in [9.17, 15) is 9.59 Å². The molecule has 2 rings (SSSR count). The molecule has 31 heavy (non-hydrogen) atoms. The van der Waals surface area contributed by atoms with E-state index in [1.807, 2.05) is 0 Å². The highest BCUT2D eigenvalue weighted by Crippen LogP contribution is 2.32. The molecule has 176 valence electrons. The standard InChI is InChI=1S/C17H25NO6.C6H13N/c1-10(2)14(15(19)20)18-16(21)24-17(3,4)11-7-12(22-5)9-13(8-11)23-6;7-6-4-2-1-3-5-6/h7-10,14H,1-6H3,(H,18,21)(H,19,20);6H,1-5,7H2/t14-;/m0./s1. The molecule has 1 amide bonds. The summed E-state index contributed by atoms with van der Waals surface area (Å²) in [5.41, 5.74) is 5.28. The van der Waals surface area contributed by atoms with Crippen LogP contribution in [0.1, 0.15) is 65.4 Å². The topological polar surface area (TPSA) is 120 Å². The van der Waals surface area contributed by atoms with Crippen LogP contribution < -0.4 is 20.5 Å². The molecule has 0 unspecified atom stereocenters. The number of aliphatic carboxylic acids is 1. The number of carboxylic acid groups (broad SMARTS) is 1.